The number of hydrogen-bond donors (Lipinski definition) is 0. The molecule has 0 fully saturated rings. The van der Waals surface area contributed by atoms with Crippen molar-refractivity contribution in [3.05, 3.63) is 64.3 Å². The molecule has 0 amide bonds. The Bertz CT molecular complexity index is 1140. The molecule has 170 valence electrons. The highest BCUT2D eigenvalue weighted by molar-refractivity contribution is 6.30. The van der Waals surface area contributed by atoms with E-state index in [4.69, 9.17) is 21.1 Å². The second-order valence-corrected chi connectivity index (χ2v) is 7.54. The number of aromatic nitrogens is 1. The van der Waals surface area contributed by atoms with E-state index in [1.54, 1.807) is 0 Å². The molecule has 3 rings (SSSR count). The maximum atomic E-state index is 14.2. The number of methoxy groups -OCH3 is 1. The maximum Gasteiger partial charge on any atom is 0.432 e. The number of carbonyl (C=O) groups excluding carboxylic acids is 2. The molecule has 0 bridgehead atoms. The Hall–Kier alpha value is -3.00. The van der Waals surface area contributed by atoms with E-state index in [1.807, 2.05) is 6.92 Å². The summed E-state index contributed by atoms with van der Waals surface area (Å²) in [5, 5.41) is 0.432. The topological polar surface area (TPSA) is 57.5 Å². The molecule has 1 aromatic heterocycles. The second-order valence-electron chi connectivity index (χ2n) is 7.11. The lowest BCUT2D eigenvalue weighted by molar-refractivity contribution is -0.145. The molecule has 0 saturated heterocycles. The summed E-state index contributed by atoms with van der Waals surface area (Å²) in [6, 6.07) is 9.73. The summed E-state index contributed by atoms with van der Waals surface area (Å²) in [5.41, 5.74) is -1.53. The number of halogens is 4. The molecule has 0 aliphatic rings. The van der Waals surface area contributed by atoms with Crippen LogP contribution >= 0.6 is 11.6 Å². The van der Waals surface area contributed by atoms with Crippen LogP contribution in [-0.2, 0) is 22.1 Å². The van der Waals surface area contributed by atoms with Gasteiger partial charge < -0.3 is 9.47 Å². The zero-order chi connectivity index (χ0) is 23.5. The number of rotatable bonds is 7. The van der Waals surface area contributed by atoms with E-state index in [1.165, 1.54) is 49.6 Å². The Balaban J connectivity index is 2.22. The van der Waals surface area contributed by atoms with Gasteiger partial charge in [0.25, 0.3) is 5.91 Å². The Morgan fingerprint density at radius 1 is 1.09 bits per heavy atom. The van der Waals surface area contributed by atoms with Gasteiger partial charge in [0.15, 0.2) is 0 Å². The average molecular weight is 468 g/mol. The molecule has 0 atom stereocenters. The Morgan fingerprint density at radius 2 is 1.78 bits per heavy atom. The van der Waals surface area contributed by atoms with Gasteiger partial charge in [-0.05, 0) is 48.9 Å². The van der Waals surface area contributed by atoms with Gasteiger partial charge in [0.05, 0.1) is 25.7 Å². The molecular formula is C23H21ClF3NO4. The van der Waals surface area contributed by atoms with E-state index >= 15 is 0 Å². The van der Waals surface area contributed by atoms with E-state index in [0.717, 1.165) is 6.42 Å². The van der Waals surface area contributed by atoms with Crippen molar-refractivity contribution in [1.82, 2.24) is 4.57 Å². The number of carbonyl (C=O) groups is 2. The van der Waals surface area contributed by atoms with Gasteiger partial charge in [-0.1, -0.05) is 24.9 Å². The highest BCUT2D eigenvalue weighted by Crippen LogP contribution is 2.40. The third kappa shape index (κ3) is 4.91. The molecule has 0 radical (unpaired) electrons. The SMILES string of the molecule is CCCCOC(=O)Cc1c(C(F)(F)F)n(C(=O)c2ccc(Cl)cc2)c2ccc(OC)cc12. The van der Waals surface area contributed by atoms with Gasteiger partial charge in [0, 0.05) is 21.5 Å². The molecule has 0 spiro atoms. The number of ether oxygens (including phenoxy) is 2. The third-order valence-corrected chi connectivity index (χ3v) is 5.18. The zero-order valence-corrected chi connectivity index (χ0v) is 18.2. The molecule has 0 aliphatic carbocycles. The minimum absolute atomic E-state index is 0.00873. The van der Waals surface area contributed by atoms with Crippen LogP contribution in [0.2, 0.25) is 5.02 Å². The lowest BCUT2D eigenvalue weighted by Gasteiger charge is -2.14. The van der Waals surface area contributed by atoms with Crippen molar-refractivity contribution >= 4 is 34.4 Å². The quantitative estimate of drug-likeness (QED) is 0.321. The summed E-state index contributed by atoms with van der Waals surface area (Å²) < 4.78 is 53.6. The minimum Gasteiger partial charge on any atom is -0.497 e. The summed E-state index contributed by atoms with van der Waals surface area (Å²) >= 11 is 5.84. The molecule has 0 N–H and O–H groups in total. The molecule has 3 aromatic rings. The van der Waals surface area contributed by atoms with Crippen molar-refractivity contribution in [1.29, 1.82) is 0 Å². The number of hydrogen-bond acceptors (Lipinski definition) is 4. The van der Waals surface area contributed by atoms with Crippen LogP contribution < -0.4 is 4.74 Å². The zero-order valence-electron chi connectivity index (χ0n) is 17.5. The Kier molecular flexibility index (Phi) is 7.13. The standard InChI is InChI=1S/C23H21ClF3NO4/c1-3-4-11-32-20(29)13-18-17-12-16(31-2)9-10-19(17)28(21(18)23(25,26)27)22(30)14-5-7-15(24)8-6-14/h5-10,12H,3-4,11,13H2,1-2H3. The van der Waals surface area contributed by atoms with E-state index in [0.29, 0.717) is 21.8 Å². The van der Waals surface area contributed by atoms with Crippen LogP contribution in [0.25, 0.3) is 10.9 Å². The molecule has 32 heavy (non-hydrogen) atoms. The number of unbranched alkanes of at least 4 members (excludes halogenated alkanes) is 1. The molecular weight excluding hydrogens is 447 g/mol. The third-order valence-electron chi connectivity index (χ3n) is 4.92. The number of fused-ring (bicyclic) bond motifs is 1. The van der Waals surface area contributed by atoms with Crippen molar-refractivity contribution < 1.29 is 32.2 Å². The van der Waals surface area contributed by atoms with E-state index in [2.05, 4.69) is 0 Å². The molecule has 1 heterocycles. The number of nitrogens with zero attached hydrogens (tertiary/aromatic N) is 1. The summed E-state index contributed by atoms with van der Waals surface area (Å²) in [6.07, 6.45) is -4.17. The normalized spacial score (nSPS) is 11.6. The van der Waals surface area contributed by atoms with E-state index in [9.17, 15) is 22.8 Å². The first-order valence-electron chi connectivity index (χ1n) is 9.91. The monoisotopic (exact) mass is 467 g/mol. The lowest BCUT2D eigenvalue weighted by Crippen LogP contribution is -2.22. The molecule has 0 unspecified atom stereocenters. The van der Waals surface area contributed by atoms with Gasteiger partial charge in [0.2, 0.25) is 0 Å². The highest BCUT2D eigenvalue weighted by atomic mass is 35.5. The smallest absolute Gasteiger partial charge is 0.432 e. The Morgan fingerprint density at radius 3 is 2.38 bits per heavy atom. The average Bonchev–Trinajstić information content (AvgIpc) is 3.07. The van der Waals surface area contributed by atoms with Gasteiger partial charge in [-0.15, -0.1) is 0 Å². The van der Waals surface area contributed by atoms with Crippen molar-refractivity contribution in [2.45, 2.75) is 32.4 Å². The van der Waals surface area contributed by atoms with Crippen LogP contribution in [0.4, 0.5) is 13.2 Å². The number of alkyl halides is 3. The van der Waals surface area contributed by atoms with Crippen LogP contribution in [0.3, 0.4) is 0 Å². The predicted octanol–water partition coefficient (Wildman–Crippen LogP) is 5.90. The molecule has 9 heteroatoms. The summed E-state index contributed by atoms with van der Waals surface area (Å²) in [7, 11) is 1.38. The summed E-state index contributed by atoms with van der Waals surface area (Å²) in [5.74, 6) is -1.40. The maximum absolute atomic E-state index is 14.2. The van der Waals surface area contributed by atoms with Crippen LogP contribution in [0, 0.1) is 0 Å². The van der Waals surface area contributed by atoms with Crippen LogP contribution in [0.15, 0.2) is 42.5 Å². The van der Waals surface area contributed by atoms with Crippen molar-refractivity contribution in [3.63, 3.8) is 0 Å². The van der Waals surface area contributed by atoms with Crippen LogP contribution in [0.5, 0.6) is 5.75 Å². The predicted molar refractivity (Wildman–Crippen MR) is 114 cm³/mol. The lowest BCUT2D eigenvalue weighted by atomic mass is 10.1. The second kappa shape index (κ2) is 9.65. The highest BCUT2D eigenvalue weighted by Gasteiger charge is 2.41. The van der Waals surface area contributed by atoms with Crippen molar-refractivity contribution in [2.24, 2.45) is 0 Å². The van der Waals surface area contributed by atoms with Crippen molar-refractivity contribution in [2.75, 3.05) is 13.7 Å². The fourth-order valence-electron chi connectivity index (χ4n) is 3.40. The molecule has 0 saturated carbocycles. The van der Waals surface area contributed by atoms with Gasteiger partial charge >= 0.3 is 12.1 Å². The fraction of sp³-hybridized carbons (Fsp3) is 0.304. The fourth-order valence-corrected chi connectivity index (χ4v) is 3.52. The van der Waals surface area contributed by atoms with Gasteiger partial charge in [-0.3, -0.25) is 14.2 Å². The first kappa shape index (κ1) is 23.7. The van der Waals surface area contributed by atoms with Gasteiger partial charge in [-0.2, -0.15) is 13.2 Å². The molecule has 5 nitrogen and oxygen atoms in total. The van der Waals surface area contributed by atoms with E-state index in [-0.39, 0.29) is 28.6 Å². The van der Waals surface area contributed by atoms with Crippen molar-refractivity contribution in [3.8, 4) is 5.75 Å². The molecule has 0 aliphatic heterocycles. The largest absolute Gasteiger partial charge is 0.497 e. The summed E-state index contributed by atoms with van der Waals surface area (Å²) in [4.78, 5) is 25.5. The first-order chi connectivity index (χ1) is 15.2. The molecule has 2 aromatic carbocycles. The van der Waals surface area contributed by atoms with Gasteiger partial charge in [-0.25, -0.2) is 0 Å². The van der Waals surface area contributed by atoms with Crippen LogP contribution in [-0.4, -0.2) is 30.2 Å². The van der Waals surface area contributed by atoms with E-state index < -0.39 is 30.2 Å². The Labute approximate surface area is 187 Å². The minimum atomic E-state index is -4.91. The summed E-state index contributed by atoms with van der Waals surface area (Å²) in [6.45, 7) is 2.01. The number of benzene rings is 2. The number of esters is 1. The van der Waals surface area contributed by atoms with Crippen LogP contribution in [0.1, 0.15) is 41.4 Å². The van der Waals surface area contributed by atoms with Gasteiger partial charge in [0.1, 0.15) is 11.4 Å². The first-order valence-corrected chi connectivity index (χ1v) is 10.3.